The fourth-order valence-corrected chi connectivity index (χ4v) is 8.62. The van der Waals surface area contributed by atoms with Gasteiger partial charge in [-0.2, -0.15) is 8.42 Å². The lowest BCUT2D eigenvalue weighted by molar-refractivity contribution is 0.437. The highest BCUT2D eigenvalue weighted by Gasteiger charge is 2.56. The molecule has 0 heterocycles. The summed E-state index contributed by atoms with van der Waals surface area (Å²) in [6, 6.07) is 13.9. The van der Waals surface area contributed by atoms with Gasteiger partial charge in [0, 0.05) is 0 Å². The fourth-order valence-electron chi connectivity index (χ4n) is 4.65. The standard InChI is InChI=1S/C28H42O5S2/c1-3-4-5-6-7-8-9-10-11-12-13-17-24-28(35(31,32)33,26-18-15-14-16-19-26)34(29,30)27-22-20-25(2)21-23-27/h14-16,18-23H,3-13,17,24H2,1-2H3,(H,31,32,33). The SMILES string of the molecule is CCCCCCCCCCCCCCC(c1ccccc1)(S(=O)(=O)O)S(=O)(=O)c1ccc(C)cc1. The van der Waals surface area contributed by atoms with Crippen LogP contribution in [0.5, 0.6) is 0 Å². The van der Waals surface area contributed by atoms with Gasteiger partial charge in [-0.05, 0) is 31.0 Å². The summed E-state index contributed by atoms with van der Waals surface area (Å²) in [6.45, 7) is 4.05. The second kappa shape index (κ2) is 14.1. The molecule has 2 aromatic rings. The quantitative estimate of drug-likeness (QED) is 0.171. The number of unbranched alkanes of at least 4 members (excludes halogenated alkanes) is 11. The summed E-state index contributed by atoms with van der Waals surface area (Å²) in [5.41, 5.74) is 0.938. The van der Waals surface area contributed by atoms with E-state index in [-0.39, 0.29) is 16.9 Å². The second-order valence-electron chi connectivity index (χ2n) is 9.55. The van der Waals surface area contributed by atoms with E-state index in [9.17, 15) is 21.4 Å². The van der Waals surface area contributed by atoms with Crippen molar-refractivity contribution < 1.29 is 21.4 Å². The summed E-state index contributed by atoms with van der Waals surface area (Å²) in [5, 5.41) is 0. The number of aryl methyl sites for hydroxylation is 1. The van der Waals surface area contributed by atoms with Crippen LogP contribution in [0.25, 0.3) is 0 Å². The number of rotatable bonds is 17. The molecule has 0 aliphatic carbocycles. The highest BCUT2D eigenvalue weighted by molar-refractivity contribution is 8.07. The molecule has 0 fully saturated rings. The molecule has 0 aliphatic rings. The van der Waals surface area contributed by atoms with Gasteiger partial charge in [-0.3, -0.25) is 4.55 Å². The van der Waals surface area contributed by atoms with Gasteiger partial charge >= 0.3 is 0 Å². The molecule has 2 aromatic carbocycles. The van der Waals surface area contributed by atoms with Crippen molar-refractivity contribution in [1.29, 1.82) is 0 Å². The predicted molar refractivity (Wildman–Crippen MR) is 144 cm³/mol. The third-order valence-corrected chi connectivity index (χ3v) is 11.5. The van der Waals surface area contributed by atoms with Crippen molar-refractivity contribution in [2.45, 2.75) is 106 Å². The number of hydrogen-bond donors (Lipinski definition) is 1. The van der Waals surface area contributed by atoms with Crippen molar-refractivity contribution in [2.24, 2.45) is 0 Å². The van der Waals surface area contributed by atoms with Crippen LogP contribution in [0.4, 0.5) is 0 Å². The van der Waals surface area contributed by atoms with Gasteiger partial charge in [-0.25, -0.2) is 8.42 Å². The van der Waals surface area contributed by atoms with Crippen LogP contribution in [0.1, 0.15) is 102 Å². The monoisotopic (exact) mass is 522 g/mol. The van der Waals surface area contributed by atoms with Gasteiger partial charge in [0.25, 0.3) is 10.1 Å². The minimum atomic E-state index is -5.00. The highest BCUT2D eigenvalue weighted by atomic mass is 32.3. The van der Waals surface area contributed by atoms with Gasteiger partial charge < -0.3 is 0 Å². The minimum absolute atomic E-state index is 0.0751. The Morgan fingerprint density at radius 1 is 0.657 bits per heavy atom. The molecule has 0 amide bonds. The van der Waals surface area contributed by atoms with Crippen molar-refractivity contribution in [2.75, 3.05) is 0 Å². The summed E-state index contributed by atoms with van der Waals surface area (Å²) in [6.07, 6.45) is 12.9. The average Bonchev–Trinajstić information content (AvgIpc) is 2.82. The topological polar surface area (TPSA) is 88.5 Å². The summed E-state index contributed by atoms with van der Waals surface area (Å²) in [7, 11) is -9.44. The molecule has 0 saturated carbocycles. The first-order chi connectivity index (χ1) is 16.7. The van der Waals surface area contributed by atoms with E-state index < -0.39 is 24.0 Å². The molecule has 0 spiro atoms. The molecule has 0 aromatic heterocycles. The van der Waals surface area contributed by atoms with Gasteiger partial charge in [-0.1, -0.05) is 132 Å². The molecule has 0 saturated heterocycles. The van der Waals surface area contributed by atoms with E-state index in [1.54, 1.807) is 30.3 Å². The van der Waals surface area contributed by atoms with Gasteiger partial charge in [-0.15, -0.1) is 0 Å². The molecule has 1 atom stereocenters. The van der Waals surface area contributed by atoms with E-state index >= 15 is 0 Å². The maximum Gasteiger partial charge on any atom is 0.290 e. The third kappa shape index (κ3) is 7.89. The molecule has 7 heteroatoms. The van der Waals surface area contributed by atoms with Crippen LogP contribution in [-0.2, 0) is 24.0 Å². The van der Waals surface area contributed by atoms with Crippen LogP contribution >= 0.6 is 0 Å². The smallest absolute Gasteiger partial charge is 0.284 e. The van der Waals surface area contributed by atoms with Crippen LogP contribution in [0.2, 0.25) is 0 Å². The van der Waals surface area contributed by atoms with Crippen LogP contribution < -0.4 is 0 Å². The van der Waals surface area contributed by atoms with Crippen LogP contribution in [0, 0.1) is 6.92 Å². The number of hydrogen-bond acceptors (Lipinski definition) is 4. The van der Waals surface area contributed by atoms with Crippen LogP contribution in [-0.4, -0.2) is 21.4 Å². The highest BCUT2D eigenvalue weighted by Crippen LogP contribution is 2.44. The lowest BCUT2D eigenvalue weighted by atomic mass is 10.0. The second-order valence-corrected chi connectivity index (χ2v) is 13.6. The number of sulfone groups is 1. The first-order valence-corrected chi connectivity index (χ1v) is 15.9. The van der Waals surface area contributed by atoms with Crippen LogP contribution in [0.15, 0.2) is 59.5 Å². The Labute approximate surface area is 213 Å². The lowest BCUT2D eigenvalue weighted by Gasteiger charge is -2.31. The molecule has 0 radical (unpaired) electrons. The van der Waals surface area contributed by atoms with Crippen molar-refractivity contribution in [3.8, 4) is 0 Å². The maximum atomic E-state index is 13.8. The molecule has 1 unspecified atom stereocenters. The molecule has 1 N–H and O–H groups in total. The van der Waals surface area contributed by atoms with Crippen LogP contribution in [0.3, 0.4) is 0 Å². The Bertz CT molecular complexity index is 1080. The zero-order valence-electron chi connectivity index (χ0n) is 21.3. The normalized spacial score (nSPS) is 14.0. The van der Waals surface area contributed by atoms with E-state index in [0.29, 0.717) is 12.8 Å². The molecule has 196 valence electrons. The summed E-state index contributed by atoms with van der Waals surface area (Å²) < 4.78 is 61.3. The van der Waals surface area contributed by atoms with Crippen molar-refractivity contribution in [1.82, 2.24) is 0 Å². The maximum absolute atomic E-state index is 13.8. The van der Waals surface area contributed by atoms with Crippen molar-refractivity contribution in [3.63, 3.8) is 0 Å². The van der Waals surface area contributed by atoms with E-state index in [2.05, 4.69) is 6.92 Å². The van der Waals surface area contributed by atoms with Gasteiger partial charge in [0.2, 0.25) is 13.9 Å². The summed E-state index contributed by atoms with van der Waals surface area (Å²) >= 11 is 0. The zero-order chi connectivity index (χ0) is 25.8. The molecule has 0 aliphatic heterocycles. The Morgan fingerprint density at radius 2 is 1.11 bits per heavy atom. The van der Waals surface area contributed by atoms with Gasteiger partial charge in [0.15, 0.2) is 0 Å². The molecule has 2 rings (SSSR count). The summed E-state index contributed by atoms with van der Waals surface area (Å²) in [4.78, 5) is -0.108. The molecule has 5 nitrogen and oxygen atoms in total. The Hall–Kier alpha value is -1.70. The predicted octanol–water partition coefficient (Wildman–Crippen LogP) is 7.60. The lowest BCUT2D eigenvalue weighted by Crippen LogP contribution is -2.43. The zero-order valence-corrected chi connectivity index (χ0v) is 22.9. The summed E-state index contributed by atoms with van der Waals surface area (Å²) in [5.74, 6) is 0. The van der Waals surface area contributed by atoms with E-state index in [0.717, 1.165) is 24.8 Å². The van der Waals surface area contributed by atoms with E-state index in [1.165, 1.54) is 69.2 Å². The third-order valence-electron chi connectivity index (χ3n) is 6.76. The number of benzene rings is 2. The first-order valence-electron chi connectivity index (χ1n) is 13.0. The average molecular weight is 523 g/mol. The molecule has 35 heavy (non-hydrogen) atoms. The Kier molecular flexibility index (Phi) is 11.9. The van der Waals surface area contributed by atoms with E-state index in [4.69, 9.17) is 0 Å². The fraction of sp³-hybridized carbons (Fsp3) is 0.571. The minimum Gasteiger partial charge on any atom is -0.284 e. The molecule has 0 bridgehead atoms. The first kappa shape index (κ1) is 29.5. The van der Waals surface area contributed by atoms with Gasteiger partial charge in [0.05, 0.1) is 4.90 Å². The van der Waals surface area contributed by atoms with Crippen molar-refractivity contribution >= 4 is 20.0 Å². The molecular weight excluding hydrogens is 480 g/mol. The Balaban J connectivity index is 2.09. The largest absolute Gasteiger partial charge is 0.290 e. The van der Waals surface area contributed by atoms with Gasteiger partial charge in [0.1, 0.15) is 0 Å². The van der Waals surface area contributed by atoms with Crippen molar-refractivity contribution in [3.05, 3.63) is 65.7 Å². The van der Waals surface area contributed by atoms with E-state index in [1.807, 2.05) is 6.92 Å². The Morgan fingerprint density at radius 3 is 1.57 bits per heavy atom. The molecular formula is C28H42O5S2.